The Morgan fingerprint density at radius 2 is 2.37 bits per heavy atom. The van der Waals surface area contributed by atoms with E-state index >= 15 is 0 Å². The molecular weight excluding hydrogens is 242 g/mol. The molecule has 3 heterocycles. The maximum absolute atomic E-state index is 12.4. The fraction of sp³-hybridized carbons (Fsp3) is 0.462. The Balaban J connectivity index is 1.91. The number of rotatable bonds is 3. The molecule has 1 aliphatic heterocycles. The monoisotopic (exact) mass is 259 g/mol. The summed E-state index contributed by atoms with van der Waals surface area (Å²) in [6.45, 7) is 4.95. The van der Waals surface area contributed by atoms with Crippen LogP contribution in [0, 0.1) is 0 Å². The predicted molar refractivity (Wildman–Crippen MR) is 70.9 cm³/mol. The average Bonchev–Trinajstić information content (AvgIpc) is 2.90. The van der Waals surface area contributed by atoms with Crippen molar-refractivity contribution in [1.82, 2.24) is 24.6 Å². The summed E-state index contributed by atoms with van der Waals surface area (Å²) in [6, 6.07) is 0. The number of hydrogen-bond donors (Lipinski definition) is 1. The summed E-state index contributed by atoms with van der Waals surface area (Å²) in [7, 11) is 0. The standard InChI is InChI=1S/C13H17N5O/c1-2-18-8-10(5-16-18)7-17-9-15-12-6-14-4-3-11(12)13(17)19/h5,8-9,14H,2-4,6-7H2,1H3. The van der Waals surface area contributed by atoms with Crippen LogP contribution in [0.5, 0.6) is 0 Å². The van der Waals surface area contributed by atoms with Crippen molar-refractivity contribution >= 4 is 0 Å². The van der Waals surface area contributed by atoms with E-state index in [0.29, 0.717) is 13.1 Å². The summed E-state index contributed by atoms with van der Waals surface area (Å²) < 4.78 is 3.53. The number of nitrogens with zero attached hydrogens (tertiary/aromatic N) is 4. The van der Waals surface area contributed by atoms with E-state index in [1.54, 1.807) is 17.1 Å². The third-order valence-electron chi connectivity index (χ3n) is 3.43. The molecule has 19 heavy (non-hydrogen) atoms. The number of nitrogens with one attached hydrogen (secondary N) is 1. The zero-order valence-electron chi connectivity index (χ0n) is 11.0. The van der Waals surface area contributed by atoms with Gasteiger partial charge in [0.05, 0.1) is 24.8 Å². The highest BCUT2D eigenvalue weighted by Gasteiger charge is 2.15. The molecule has 0 spiro atoms. The summed E-state index contributed by atoms with van der Waals surface area (Å²) in [6.07, 6.45) is 6.16. The molecule has 3 rings (SSSR count). The highest BCUT2D eigenvalue weighted by Crippen LogP contribution is 2.06. The van der Waals surface area contributed by atoms with Crippen molar-refractivity contribution in [1.29, 1.82) is 0 Å². The average molecular weight is 259 g/mol. The maximum Gasteiger partial charge on any atom is 0.257 e. The van der Waals surface area contributed by atoms with Crippen LogP contribution in [-0.4, -0.2) is 25.9 Å². The van der Waals surface area contributed by atoms with Gasteiger partial charge in [0.1, 0.15) is 0 Å². The topological polar surface area (TPSA) is 64.7 Å². The number of fused-ring (bicyclic) bond motifs is 1. The molecule has 6 nitrogen and oxygen atoms in total. The number of aryl methyl sites for hydroxylation is 1. The summed E-state index contributed by atoms with van der Waals surface area (Å²) in [5.74, 6) is 0. The number of aromatic nitrogens is 4. The molecule has 2 aromatic rings. The second-order valence-corrected chi connectivity index (χ2v) is 4.73. The van der Waals surface area contributed by atoms with Crippen molar-refractivity contribution in [2.75, 3.05) is 6.54 Å². The molecular formula is C13H17N5O. The first-order chi connectivity index (χ1) is 9.28. The van der Waals surface area contributed by atoms with E-state index in [4.69, 9.17) is 0 Å². The van der Waals surface area contributed by atoms with Gasteiger partial charge < -0.3 is 5.32 Å². The van der Waals surface area contributed by atoms with Crippen LogP contribution in [0.2, 0.25) is 0 Å². The van der Waals surface area contributed by atoms with Crippen molar-refractivity contribution in [2.24, 2.45) is 0 Å². The van der Waals surface area contributed by atoms with Gasteiger partial charge in [-0.25, -0.2) is 4.98 Å². The largest absolute Gasteiger partial charge is 0.311 e. The maximum atomic E-state index is 12.4. The number of hydrogen-bond acceptors (Lipinski definition) is 4. The Morgan fingerprint density at radius 1 is 1.47 bits per heavy atom. The normalized spacial score (nSPS) is 14.4. The zero-order valence-corrected chi connectivity index (χ0v) is 11.0. The molecule has 1 N–H and O–H groups in total. The Hall–Kier alpha value is -1.95. The van der Waals surface area contributed by atoms with Gasteiger partial charge in [-0.15, -0.1) is 0 Å². The van der Waals surface area contributed by atoms with Crippen LogP contribution >= 0.6 is 0 Å². The third kappa shape index (κ3) is 2.31. The van der Waals surface area contributed by atoms with Gasteiger partial charge in [0.25, 0.3) is 5.56 Å². The lowest BCUT2D eigenvalue weighted by Gasteiger charge is -2.16. The molecule has 100 valence electrons. The molecule has 0 unspecified atom stereocenters. The highest BCUT2D eigenvalue weighted by molar-refractivity contribution is 5.20. The molecule has 0 amide bonds. The van der Waals surface area contributed by atoms with E-state index in [9.17, 15) is 4.79 Å². The summed E-state index contributed by atoms with van der Waals surface area (Å²) in [5.41, 5.74) is 2.84. The van der Waals surface area contributed by atoms with Crippen molar-refractivity contribution in [3.8, 4) is 0 Å². The van der Waals surface area contributed by atoms with Crippen LogP contribution in [0.4, 0.5) is 0 Å². The van der Waals surface area contributed by atoms with Crippen molar-refractivity contribution in [2.45, 2.75) is 33.0 Å². The van der Waals surface area contributed by atoms with Crippen LogP contribution in [0.15, 0.2) is 23.5 Å². The molecule has 6 heteroatoms. The zero-order chi connectivity index (χ0) is 13.2. The fourth-order valence-corrected chi connectivity index (χ4v) is 2.36. The van der Waals surface area contributed by atoms with Crippen molar-refractivity contribution in [3.63, 3.8) is 0 Å². The molecule has 0 aliphatic carbocycles. The van der Waals surface area contributed by atoms with Crippen LogP contribution in [-0.2, 0) is 26.1 Å². The van der Waals surface area contributed by atoms with Gasteiger partial charge in [0, 0.05) is 30.4 Å². The summed E-state index contributed by atoms with van der Waals surface area (Å²) in [4.78, 5) is 16.7. The Labute approximate surface area is 111 Å². The van der Waals surface area contributed by atoms with E-state index in [0.717, 1.165) is 36.3 Å². The molecule has 0 saturated carbocycles. The SMILES string of the molecule is CCn1cc(Cn2cnc3c(c2=O)CCNC3)cn1. The first-order valence-corrected chi connectivity index (χ1v) is 6.57. The van der Waals surface area contributed by atoms with Crippen LogP contribution in [0.3, 0.4) is 0 Å². The quantitative estimate of drug-likeness (QED) is 0.852. The smallest absolute Gasteiger partial charge is 0.257 e. The van der Waals surface area contributed by atoms with Crippen molar-refractivity contribution < 1.29 is 0 Å². The van der Waals surface area contributed by atoms with Crippen LogP contribution in [0.25, 0.3) is 0 Å². The van der Waals surface area contributed by atoms with Gasteiger partial charge in [0.15, 0.2) is 0 Å². The van der Waals surface area contributed by atoms with Crippen LogP contribution in [0.1, 0.15) is 23.7 Å². The molecule has 2 aromatic heterocycles. The first kappa shape index (κ1) is 12.1. The van der Waals surface area contributed by atoms with Gasteiger partial charge in [-0.05, 0) is 19.9 Å². The minimum absolute atomic E-state index is 0.0794. The van der Waals surface area contributed by atoms with E-state index in [1.165, 1.54) is 0 Å². The summed E-state index contributed by atoms with van der Waals surface area (Å²) in [5, 5.41) is 7.44. The molecule has 0 atom stereocenters. The third-order valence-corrected chi connectivity index (χ3v) is 3.43. The Kier molecular flexibility index (Phi) is 3.16. The van der Waals surface area contributed by atoms with Gasteiger partial charge in [-0.1, -0.05) is 0 Å². The second-order valence-electron chi connectivity index (χ2n) is 4.73. The molecule has 0 bridgehead atoms. The van der Waals surface area contributed by atoms with E-state index < -0.39 is 0 Å². The van der Waals surface area contributed by atoms with Gasteiger partial charge in [0.2, 0.25) is 0 Å². The van der Waals surface area contributed by atoms with Gasteiger partial charge >= 0.3 is 0 Å². The van der Waals surface area contributed by atoms with E-state index in [-0.39, 0.29) is 5.56 Å². The Morgan fingerprint density at radius 3 is 3.16 bits per heavy atom. The van der Waals surface area contributed by atoms with Gasteiger partial charge in [-0.2, -0.15) is 5.10 Å². The highest BCUT2D eigenvalue weighted by atomic mass is 16.1. The van der Waals surface area contributed by atoms with Crippen molar-refractivity contribution in [3.05, 3.63) is 45.9 Å². The molecule has 0 aromatic carbocycles. The Bertz CT molecular complexity index is 643. The lowest BCUT2D eigenvalue weighted by Crippen LogP contribution is -2.34. The molecule has 0 fully saturated rings. The van der Waals surface area contributed by atoms with E-state index in [1.807, 2.05) is 17.8 Å². The second kappa shape index (κ2) is 4.97. The summed E-state index contributed by atoms with van der Waals surface area (Å²) >= 11 is 0. The molecule has 0 radical (unpaired) electrons. The lowest BCUT2D eigenvalue weighted by molar-refractivity contribution is 0.596. The lowest BCUT2D eigenvalue weighted by atomic mass is 10.1. The first-order valence-electron chi connectivity index (χ1n) is 6.57. The predicted octanol–water partition coefficient (Wildman–Crippen LogP) is 0.154. The molecule has 0 saturated heterocycles. The molecule has 1 aliphatic rings. The fourth-order valence-electron chi connectivity index (χ4n) is 2.36. The van der Waals surface area contributed by atoms with Crippen LogP contribution < -0.4 is 10.9 Å². The van der Waals surface area contributed by atoms with E-state index in [2.05, 4.69) is 15.4 Å². The minimum Gasteiger partial charge on any atom is -0.311 e. The minimum atomic E-state index is 0.0794. The van der Waals surface area contributed by atoms with Gasteiger partial charge in [-0.3, -0.25) is 14.0 Å².